The lowest BCUT2D eigenvalue weighted by atomic mass is 9.82. The van der Waals surface area contributed by atoms with Crippen LogP contribution in [0.3, 0.4) is 0 Å². The van der Waals surface area contributed by atoms with Crippen LogP contribution in [0.2, 0.25) is 0 Å². The van der Waals surface area contributed by atoms with Crippen molar-refractivity contribution >= 4 is 43.6 Å². The van der Waals surface area contributed by atoms with Gasteiger partial charge in [-0.05, 0) is 76.4 Å². The van der Waals surface area contributed by atoms with Gasteiger partial charge in [0.15, 0.2) is 0 Å². The number of hydrogen-bond donors (Lipinski definition) is 0. The molecule has 0 saturated carbocycles. The van der Waals surface area contributed by atoms with Crippen LogP contribution < -0.4 is 0 Å². The lowest BCUT2D eigenvalue weighted by Gasteiger charge is -2.23. The molecule has 0 atom stereocenters. The Hall–Kier alpha value is -3.65. The number of benzene rings is 4. The Labute approximate surface area is 213 Å². The molecule has 2 nitrogen and oxygen atoms in total. The highest BCUT2D eigenvalue weighted by atomic mass is 16.3. The maximum atomic E-state index is 6.74. The Morgan fingerprint density at radius 2 is 1.58 bits per heavy atom. The minimum Gasteiger partial charge on any atom is -0.455 e. The summed E-state index contributed by atoms with van der Waals surface area (Å²) in [5, 5.41) is 5.88. The minimum absolute atomic E-state index is 0.00502. The molecule has 0 unspecified atom stereocenters. The second-order valence-electron chi connectivity index (χ2n) is 11.7. The average molecular weight is 472 g/mol. The molecule has 2 heterocycles. The van der Waals surface area contributed by atoms with E-state index in [2.05, 4.69) is 114 Å². The van der Waals surface area contributed by atoms with Crippen molar-refractivity contribution in [3.05, 3.63) is 89.5 Å². The number of nitrogens with zero attached hydrogens (tertiary/aromatic N) is 1. The Bertz CT molecular complexity index is 1780. The van der Waals surface area contributed by atoms with Crippen molar-refractivity contribution in [3.8, 4) is 11.3 Å². The van der Waals surface area contributed by atoms with Crippen LogP contribution in [0, 0.1) is 12.8 Å². The van der Waals surface area contributed by atoms with Gasteiger partial charge in [-0.3, -0.25) is 0 Å². The fourth-order valence-corrected chi connectivity index (χ4v) is 5.58. The number of aromatic nitrogens is 1. The van der Waals surface area contributed by atoms with E-state index in [1.165, 1.54) is 27.5 Å². The summed E-state index contributed by atoms with van der Waals surface area (Å²) in [5.41, 5.74) is 8.86. The Balaban J connectivity index is 1.78. The molecule has 0 fully saturated rings. The second kappa shape index (κ2) is 8.20. The normalized spacial score (nSPS) is 12.5. The summed E-state index contributed by atoms with van der Waals surface area (Å²) in [5.74, 6) is 0.552. The molecule has 0 radical (unpaired) electrons. The van der Waals surface area contributed by atoms with E-state index in [4.69, 9.17) is 9.40 Å². The maximum absolute atomic E-state index is 6.74. The highest BCUT2D eigenvalue weighted by molar-refractivity contribution is 6.20. The molecular formula is C34H33NO. The van der Waals surface area contributed by atoms with Crippen LogP contribution in [-0.2, 0) is 11.8 Å². The topological polar surface area (TPSA) is 26.0 Å². The van der Waals surface area contributed by atoms with E-state index in [0.29, 0.717) is 5.92 Å². The van der Waals surface area contributed by atoms with Crippen molar-refractivity contribution < 1.29 is 4.42 Å². The number of furan rings is 1. The van der Waals surface area contributed by atoms with Crippen LogP contribution in [0.4, 0.5) is 0 Å². The fraction of sp³-hybridized carbons (Fsp3) is 0.265. The number of fused-ring (bicyclic) bond motifs is 6. The highest BCUT2D eigenvalue weighted by Crippen LogP contribution is 2.43. The van der Waals surface area contributed by atoms with Crippen LogP contribution in [0.1, 0.15) is 51.3 Å². The molecular weight excluding hydrogens is 438 g/mol. The molecule has 0 N–H and O–H groups in total. The van der Waals surface area contributed by atoms with Gasteiger partial charge in [0.25, 0.3) is 0 Å². The summed E-state index contributed by atoms with van der Waals surface area (Å²) in [6.45, 7) is 13.5. The molecule has 6 aromatic rings. The standard InChI is InChI=1S/C34H33NO/c1-20(2)16-23-11-9-13-27-30-31(35-29-17-21(3)14-15-26(29)33(30)36-32(23)27)24-18-22-10-7-8-12-25(22)28(19-24)34(4,5)6/h7-15,17-20H,16H2,1-6H3. The van der Waals surface area contributed by atoms with Gasteiger partial charge in [0.2, 0.25) is 0 Å². The first-order valence-electron chi connectivity index (χ1n) is 13.0. The molecule has 0 aliphatic carbocycles. The zero-order valence-electron chi connectivity index (χ0n) is 22.1. The van der Waals surface area contributed by atoms with E-state index in [-0.39, 0.29) is 5.41 Å². The predicted octanol–water partition coefficient (Wildman–Crippen LogP) is 9.76. The SMILES string of the molecule is Cc1ccc2c(c1)nc(-c1cc(C(C)(C)C)c3ccccc3c1)c1c3cccc(CC(C)C)c3oc21. The molecule has 36 heavy (non-hydrogen) atoms. The molecule has 0 aliphatic rings. The summed E-state index contributed by atoms with van der Waals surface area (Å²) in [6, 6.07) is 26.4. The Kier molecular flexibility index (Phi) is 5.19. The Morgan fingerprint density at radius 1 is 0.806 bits per heavy atom. The fourth-order valence-electron chi connectivity index (χ4n) is 5.58. The van der Waals surface area contributed by atoms with Gasteiger partial charge in [-0.15, -0.1) is 0 Å². The van der Waals surface area contributed by atoms with E-state index in [1.807, 2.05) is 0 Å². The summed E-state index contributed by atoms with van der Waals surface area (Å²) < 4.78 is 6.74. The summed E-state index contributed by atoms with van der Waals surface area (Å²) >= 11 is 0. The van der Waals surface area contributed by atoms with E-state index in [1.54, 1.807) is 0 Å². The van der Waals surface area contributed by atoms with Crippen molar-refractivity contribution in [2.45, 2.75) is 53.4 Å². The molecule has 0 aliphatic heterocycles. The van der Waals surface area contributed by atoms with Crippen molar-refractivity contribution in [1.29, 1.82) is 0 Å². The van der Waals surface area contributed by atoms with E-state index in [0.717, 1.165) is 50.5 Å². The highest BCUT2D eigenvalue weighted by Gasteiger charge is 2.23. The van der Waals surface area contributed by atoms with Crippen molar-refractivity contribution in [3.63, 3.8) is 0 Å². The molecule has 6 rings (SSSR count). The van der Waals surface area contributed by atoms with Crippen molar-refractivity contribution in [2.75, 3.05) is 0 Å². The molecule has 0 spiro atoms. The van der Waals surface area contributed by atoms with Crippen LogP contribution in [0.15, 0.2) is 77.2 Å². The van der Waals surface area contributed by atoms with Gasteiger partial charge in [0, 0.05) is 16.3 Å². The second-order valence-corrected chi connectivity index (χ2v) is 11.7. The molecule has 0 amide bonds. The van der Waals surface area contributed by atoms with Gasteiger partial charge in [-0.2, -0.15) is 0 Å². The summed E-state index contributed by atoms with van der Waals surface area (Å²) in [6.07, 6.45) is 0.987. The first-order chi connectivity index (χ1) is 17.2. The third kappa shape index (κ3) is 3.67. The molecule has 2 heteroatoms. The summed E-state index contributed by atoms with van der Waals surface area (Å²) in [4.78, 5) is 5.32. The third-order valence-electron chi connectivity index (χ3n) is 7.24. The summed E-state index contributed by atoms with van der Waals surface area (Å²) in [7, 11) is 0. The van der Waals surface area contributed by atoms with E-state index >= 15 is 0 Å². The Morgan fingerprint density at radius 3 is 2.36 bits per heavy atom. The van der Waals surface area contributed by atoms with Gasteiger partial charge >= 0.3 is 0 Å². The first kappa shape index (κ1) is 22.8. The van der Waals surface area contributed by atoms with E-state index < -0.39 is 0 Å². The van der Waals surface area contributed by atoms with Crippen molar-refractivity contribution in [2.24, 2.45) is 5.92 Å². The average Bonchev–Trinajstić information content (AvgIpc) is 3.22. The number of rotatable bonds is 3. The third-order valence-corrected chi connectivity index (χ3v) is 7.24. The van der Waals surface area contributed by atoms with Gasteiger partial charge < -0.3 is 4.42 Å². The lowest BCUT2D eigenvalue weighted by molar-refractivity contribution is 0.596. The van der Waals surface area contributed by atoms with Crippen LogP contribution in [-0.4, -0.2) is 4.98 Å². The quantitative estimate of drug-likeness (QED) is 0.257. The number of hydrogen-bond acceptors (Lipinski definition) is 2. The largest absolute Gasteiger partial charge is 0.455 e. The van der Waals surface area contributed by atoms with Crippen molar-refractivity contribution in [1.82, 2.24) is 4.98 Å². The first-order valence-corrected chi connectivity index (χ1v) is 13.0. The molecule has 2 aromatic heterocycles. The molecule has 0 bridgehead atoms. The van der Waals surface area contributed by atoms with E-state index in [9.17, 15) is 0 Å². The molecule has 180 valence electrons. The maximum Gasteiger partial charge on any atom is 0.147 e. The van der Waals surface area contributed by atoms with Gasteiger partial charge in [-0.25, -0.2) is 4.98 Å². The molecule has 4 aromatic carbocycles. The zero-order valence-corrected chi connectivity index (χ0v) is 22.1. The van der Waals surface area contributed by atoms with Gasteiger partial charge in [0.05, 0.1) is 16.6 Å². The van der Waals surface area contributed by atoms with Crippen LogP contribution >= 0.6 is 0 Å². The monoisotopic (exact) mass is 471 g/mol. The molecule has 0 saturated heterocycles. The van der Waals surface area contributed by atoms with Crippen LogP contribution in [0.5, 0.6) is 0 Å². The zero-order chi connectivity index (χ0) is 25.2. The predicted molar refractivity (Wildman–Crippen MR) is 154 cm³/mol. The smallest absolute Gasteiger partial charge is 0.147 e. The van der Waals surface area contributed by atoms with Gasteiger partial charge in [0.1, 0.15) is 11.2 Å². The lowest BCUT2D eigenvalue weighted by Crippen LogP contribution is -2.12. The minimum atomic E-state index is 0.00502. The number of aryl methyl sites for hydroxylation is 1. The van der Waals surface area contributed by atoms with Crippen LogP contribution in [0.25, 0.3) is 54.9 Å². The number of para-hydroxylation sites is 1. The van der Waals surface area contributed by atoms with Gasteiger partial charge in [-0.1, -0.05) is 83.1 Å². The number of pyridine rings is 1.